The third-order valence-corrected chi connectivity index (χ3v) is 7.95. The highest BCUT2D eigenvalue weighted by atomic mass is 16.6. The predicted octanol–water partition coefficient (Wildman–Crippen LogP) is 7.66. The van der Waals surface area contributed by atoms with Crippen LogP contribution >= 0.6 is 0 Å². The molecule has 4 nitrogen and oxygen atoms in total. The van der Waals surface area contributed by atoms with Crippen molar-refractivity contribution in [1.29, 1.82) is 0 Å². The third-order valence-electron chi connectivity index (χ3n) is 7.95. The average molecular weight is 523 g/mol. The number of rotatable bonds is 21. The molecule has 4 rings (SSSR count). The van der Waals surface area contributed by atoms with E-state index in [2.05, 4.69) is 62.4 Å². The quantitative estimate of drug-likeness (QED) is 0.125. The molecule has 0 saturated carbocycles. The molecular formula is C34H50O4. The topological polar surface area (TPSA) is 43.5 Å². The summed E-state index contributed by atoms with van der Waals surface area (Å²) in [4.78, 5) is 0. The maximum Gasteiger partial charge on any atom is 0.104 e. The number of aryl methyl sites for hydroxylation is 2. The van der Waals surface area contributed by atoms with Crippen LogP contribution in [0, 0.1) is 11.8 Å². The summed E-state index contributed by atoms with van der Waals surface area (Å²) in [6.45, 7) is 9.84. The Hall–Kier alpha value is -1.72. The Morgan fingerprint density at radius 3 is 1.34 bits per heavy atom. The molecule has 0 radical (unpaired) electrons. The smallest absolute Gasteiger partial charge is 0.104 e. The van der Waals surface area contributed by atoms with Gasteiger partial charge in [-0.25, -0.2) is 0 Å². The number of hydrogen-bond donors (Lipinski definition) is 0. The first-order valence-corrected chi connectivity index (χ1v) is 15.2. The molecule has 0 bridgehead atoms. The van der Waals surface area contributed by atoms with Gasteiger partial charge in [0.05, 0.1) is 26.4 Å². The molecule has 4 atom stereocenters. The molecule has 4 heteroatoms. The third kappa shape index (κ3) is 12.0. The van der Waals surface area contributed by atoms with E-state index in [0.717, 1.165) is 64.3 Å². The second-order valence-corrected chi connectivity index (χ2v) is 11.7. The standard InChI is InChI=1S/C34H50O4/c1-27(9-5-21-35-23-33-25-37-33)7-3-11-29-13-17-31(18-14-29)32-19-15-30(16-20-32)12-4-8-28(2)10-6-22-36-24-34-26-38-34/h13-20,27-28,33-34H,3-12,21-26H2,1-2H3. The molecule has 38 heavy (non-hydrogen) atoms. The van der Waals surface area contributed by atoms with Gasteiger partial charge in [-0.15, -0.1) is 0 Å². The number of ether oxygens (including phenoxy) is 4. The van der Waals surface area contributed by atoms with Crippen LogP contribution in [0.1, 0.15) is 76.3 Å². The molecule has 2 saturated heterocycles. The highest BCUT2D eigenvalue weighted by Gasteiger charge is 2.22. The van der Waals surface area contributed by atoms with Gasteiger partial charge in [0.1, 0.15) is 12.2 Å². The van der Waals surface area contributed by atoms with Gasteiger partial charge in [-0.2, -0.15) is 0 Å². The van der Waals surface area contributed by atoms with Crippen molar-refractivity contribution in [2.45, 2.75) is 90.3 Å². The first kappa shape index (κ1) is 29.3. The lowest BCUT2D eigenvalue weighted by molar-refractivity contribution is 0.110. The van der Waals surface area contributed by atoms with Crippen molar-refractivity contribution in [1.82, 2.24) is 0 Å². The normalized spacial score (nSPS) is 19.8. The summed E-state index contributed by atoms with van der Waals surface area (Å²) >= 11 is 0. The molecule has 2 aliphatic heterocycles. The molecule has 0 aliphatic carbocycles. The molecule has 4 unspecified atom stereocenters. The maximum atomic E-state index is 5.65. The fraction of sp³-hybridized carbons (Fsp3) is 0.647. The van der Waals surface area contributed by atoms with Gasteiger partial charge in [-0.3, -0.25) is 0 Å². The fourth-order valence-corrected chi connectivity index (χ4v) is 5.15. The molecule has 2 aliphatic rings. The van der Waals surface area contributed by atoms with E-state index in [9.17, 15) is 0 Å². The lowest BCUT2D eigenvalue weighted by Gasteiger charge is -2.12. The Bertz CT molecular complexity index is 810. The lowest BCUT2D eigenvalue weighted by atomic mass is 9.95. The Morgan fingerprint density at radius 2 is 0.974 bits per heavy atom. The van der Waals surface area contributed by atoms with Gasteiger partial charge in [-0.05, 0) is 85.5 Å². The summed E-state index contributed by atoms with van der Waals surface area (Å²) < 4.78 is 21.7. The molecular weight excluding hydrogens is 472 g/mol. The molecule has 210 valence electrons. The van der Waals surface area contributed by atoms with Crippen LogP contribution in [0.25, 0.3) is 11.1 Å². The molecule has 0 amide bonds. The minimum atomic E-state index is 0.386. The van der Waals surface area contributed by atoms with Crippen LogP contribution in [-0.4, -0.2) is 51.8 Å². The number of epoxide rings is 2. The largest absolute Gasteiger partial charge is 0.379 e. The second kappa shape index (κ2) is 16.4. The Morgan fingerprint density at radius 1 is 0.605 bits per heavy atom. The van der Waals surface area contributed by atoms with E-state index < -0.39 is 0 Å². The molecule has 0 spiro atoms. The van der Waals surface area contributed by atoms with Crippen LogP contribution in [0.3, 0.4) is 0 Å². The molecule has 2 heterocycles. The molecule has 2 fully saturated rings. The van der Waals surface area contributed by atoms with Crippen molar-refractivity contribution < 1.29 is 18.9 Å². The first-order chi connectivity index (χ1) is 18.7. The fourth-order valence-electron chi connectivity index (χ4n) is 5.15. The van der Waals surface area contributed by atoms with Gasteiger partial charge in [0.2, 0.25) is 0 Å². The molecule has 0 aromatic heterocycles. The SMILES string of the molecule is CC(CCCOCC1CO1)CCCc1ccc(-c2ccc(CCCC(C)CCCOCC3CO3)cc2)cc1. The van der Waals surface area contributed by atoms with E-state index >= 15 is 0 Å². The highest BCUT2D eigenvalue weighted by Crippen LogP contribution is 2.23. The Kier molecular flexibility index (Phi) is 12.6. The summed E-state index contributed by atoms with van der Waals surface area (Å²) in [6.07, 6.45) is 13.0. The van der Waals surface area contributed by atoms with Gasteiger partial charge in [0.25, 0.3) is 0 Å². The van der Waals surface area contributed by atoms with Crippen LogP contribution in [0.15, 0.2) is 48.5 Å². The lowest BCUT2D eigenvalue weighted by Crippen LogP contribution is -2.04. The van der Waals surface area contributed by atoms with Crippen LogP contribution in [0.5, 0.6) is 0 Å². The van der Waals surface area contributed by atoms with E-state index in [-0.39, 0.29) is 0 Å². The van der Waals surface area contributed by atoms with Crippen molar-refractivity contribution in [3.63, 3.8) is 0 Å². The summed E-state index contributed by atoms with van der Waals surface area (Å²) in [5.41, 5.74) is 5.52. The zero-order valence-electron chi connectivity index (χ0n) is 23.9. The zero-order chi connectivity index (χ0) is 26.4. The summed E-state index contributed by atoms with van der Waals surface area (Å²) in [6, 6.07) is 18.4. The average Bonchev–Trinajstić information content (AvgIpc) is 3.85. The van der Waals surface area contributed by atoms with Gasteiger partial charge in [0, 0.05) is 13.2 Å². The maximum absolute atomic E-state index is 5.65. The van der Waals surface area contributed by atoms with Crippen LogP contribution < -0.4 is 0 Å². The summed E-state index contributed by atoms with van der Waals surface area (Å²) in [5, 5.41) is 0. The van der Waals surface area contributed by atoms with Crippen LogP contribution in [-0.2, 0) is 31.8 Å². The van der Waals surface area contributed by atoms with E-state index in [1.165, 1.54) is 73.6 Å². The minimum absolute atomic E-state index is 0.386. The summed E-state index contributed by atoms with van der Waals surface area (Å²) in [5.74, 6) is 1.53. The van der Waals surface area contributed by atoms with Gasteiger partial charge in [0.15, 0.2) is 0 Å². The molecule has 2 aromatic carbocycles. The van der Waals surface area contributed by atoms with Crippen molar-refractivity contribution in [3.05, 3.63) is 59.7 Å². The first-order valence-electron chi connectivity index (χ1n) is 15.2. The van der Waals surface area contributed by atoms with Gasteiger partial charge < -0.3 is 18.9 Å². The zero-order valence-corrected chi connectivity index (χ0v) is 23.9. The molecule has 2 aromatic rings. The minimum Gasteiger partial charge on any atom is -0.379 e. The monoisotopic (exact) mass is 522 g/mol. The van der Waals surface area contributed by atoms with Crippen molar-refractivity contribution >= 4 is 0 Å². The van der Waals surface area contributed by atoms with Gasteiger partial charge in [-0.1, -0.05) is 75.2 Å². The van der Waals surface area contributed by atoms with E-state index in [4.69, 9.17) is 18.9 Å². The van der Waals surface area contributed by atoms with Crippen molar-refractivity contribution in [3.8, 4) is 11.1 Å². The van der Waals surface area contributed by atoms with Crippen LogP contribution in [0.4, 0.5) is 0 Å². The Balaban J connectivity index is 1.05. The molecule has 0 N–H and O–H groups in total. The highest BCUT2D eigenvalue weighted by molar-refractivity contribution is 5.64. The van der Waals surface area contributed by atoms with Crippen LogP contribution in [0.2, 0.25) is 0 Å². The van der Waals surface area contributed by atoms with E-state index in [1.807, 2.05) is 0 Å². The number of benzene rings is 2. The Labute approximate surface area is 231 Å². The van der Waals surface area contributed by atoms with Crippen molar-refractivity contribution in [2.75, 3.05) is 39.6 Å². The number of hydrogen-bond acceptors (Lipinski definition) is 4. The second-order valence-electron chi connectivity index (χ2n) is 11.7. The predicted molar refractivity (Wildman–Crippen MR) is 156 cm³/mol. The summed E-state index contributed by atoms with van der Waals surface area (Å²) in [7, 11) is 0. The van der Waals surface area contributed by atoms with E-state index in [1.54, 1.807) is 0 Å². The van der Waals surface area contributed by atoms with E-state index in [0.29, 0.717) is 12.2 Å². The van der Waals surface area contributed by atoms with Crippen molar-refractivity contribution in [2.24, 2.45) is 11.8 Å². The van der Waals surface area contributed by atoms with Gasteiger partial charge >= 0.3 is 0 Å².